The Kier molecular flexibility index (Phi) is 12.8. The van der Waals surface area contributed by atoms with Crippen LogP contribution < -0.4 is 0 Å². The minimum atomic E-state index is -3.82. The van der Waals surface area contributed by atoms with Crippen molar-refractivity contribution < 1.29 is 36.9 Å². The van der Waals surface area contributed by atoms with Gasteiger partial charge in [-0.15, -0.1) is 0 Å². The van der Waals surface area contributed by atoms with Gasteiger partial charge in [-0.2, -0.15) is 4.31 Å². The second-order valence-electron chi connectivity index (χ2n) is 22.1. The molecule has 0 N–H and O–H groups in total. The lowest BCUT2D eigenvalue weighted by atomic mass is 9.34. The Morgan fingerprint density at radius 1 is 0.889 bits per heavy atom. The van der Waals surface area contributed by atoms with Crippen LogP contribution in [0, 0.1) is 63.6 Å². The quantitative estimate of drug-likeness (QED) is 0.145. The van der Waals surface area contributed by atoms with Gasteiger partial charge in [0.05, 0.1) is 48.4 Å². The van der Waals surface area contributed by atoms with Crippen LogP contribution in [0.4, 0.5) is 0 Å². The standard InChI is InChI=1S/C53H77NO8S/c1-11-54(63(56,57)40-19-17-37(4)18-20-40)52(27-29-59-30-28-52)34-62-46-43(58-10)31-53-35-60-33-49(46,7)44(53)22-21-41-42(53)23-24-51(9)45(47(55)61-32-39-15-13-12-14-16-39)48(6,38(5)36(2)3)25-26-50(41,51)8/h12-20,23,36,38,41,43-46H,11,21-22,24-35H2,1-10H3/t38-,41+,43-,44+,45-,46+,48-,49+,50-,51+,53+/m1/s1. The summed E-state index contributed by atoms with van der Waals surface area (Å²) < 4.78 is 63.5. The van der Waals surface area contributed by atoms with Crippen molar-refractivity contribution in [2.75, 3.05) is 46.7 Å². The smallest absolute Gasteiger partial charge is 0.310 e. The SMILES string of the molecule is CCN(C1(CO[C@H]2[C@H](OC)C[C@@]34COC[C@@]2(C)[C@@H]3CC[C@H]2C4=CC[C@@]3(C)[C@H](C(=O)OCc4ccccc4)[C@@](C)([C@H](C)C(C)C)CC[C@]23C)CCOCC1)S(=O)(=O)c1ccc(C)cc1. The molecule has 0 unspecified atom stereocenters. The zero-order chi connectivity index (χ0) is 45.2. The highest BCUT2D eigenvalue weighted by Crippen LogP contribution is 2.75. The molecule has 2 heterocycles. The van der Waals surface area contributed by atoms with Gasteiger partial charge in [0, 0.05) is 37.7 Å². The second kappa shape index (κ2) is 17.2. The van der Waals surface area contributed by atoms with Crippen LogP contribution in [0.15, 0.2) is 71.1 Å². The Morgan fingerprint density at radius 2 is 1.59 bits per heavy atom. The van der Waals surface area contributed by atoms with Gasteiger partial charge in [-0.25, -0.2) is 8.42 Å². The molecule has 0 radical (unpaired) electrons. The fourth-order valence-corrected chi connectivity index (χ4v) is 16.7. The Labute approximate surface area is 379 Å². The van der Waals surface area contributed by atoms with Crippen molar-refractivity contribution in [1.29, 1.82) is 0 Å². The number of aryl methyl sites for hydroxylation is 1. The fraction of sp³-hybridized carbons (Fsp3) is 0.717. The maximum Gasteiger partial charge on any atom is 0.310 e. The van der Waals surface area contributed by atoms with E-state index in [9.17, 15) is 13.2 Å². The van der Waals surface area contributed by atoms with E-state index in [1.54, 1.807) is 16.4 Å². The van der Waals surface area contributed by atoms with Gasteiger partial charge in [-0.1, -0.05) is 115 Å². The van der Waals surface area contributed by atoms with Crippen LogP contribution >= 0.6 is 0 Å². The van der Waals surface area contributed by atoms with Gasteiger partial charge in [-0.3, -0.25) is 4.79 Å². The van der Waals surface area contributed by atoms with Gasteiger partial charge < -0.3 is 23.7 Å². The van der Waals surface area contributed by atoms with E-state index >= 15 is 0 Å². The number of hydrogen-bond donors (Lipinski definition) is 0. The number of methoxy groups -OCH3 is 1. The summed E-state index contributed by atoms with van der Waals surface area (Å²) in [6, 6.07) is 17.3. The molecule has 5 fully saturated rings. The summed E-state index contributed by atoms with van der Waals surface area (Å²) in [6.45, 7) is 23.6. The third-order valence-electron chi connectivity index (χ3n) is 19.0. The zero-order valence-corrected chi connectivity index (χ0v) is 40.9. The van der Waals surface area contributed by atoms with Crippen LogP contribution in [0.25, 0.3) is 0 Å². The van der Waals surface area contributed by atoms with Gasteiger partial charge in [0.25, 0.3) is 0 Å². The summed E-state index contributed by atoms with van der Waals surface area (Å²) in [5.74, 6) is 1.07. The van der Waals surface area contributed by atoms with Crippen molar-refractivity contribution in [2.45, 2.75) is 143 Å². The minimum Gasteiger partial charge on any atom is -0.461 e. The number of carbonyl (C=O) groups excluding carboxylic acids is 1. The molecule has 11 atom stereocenters. The fourth-order valence-electron chi connectivity index (χ4n) is 14.9. The molecule has 0 amide bonds. The molecule has 2 saturated heterocycles. The van der Waals surface area contributed by atoms with Gasteiger partial charge in [0.2, 0.25) is 10.0 Å². The number of esters is 1. The van der Waals surface area contributed by atoms with E-state index in [4.69, 9.17) is 23.7 Å². The molecule has 9 nitrogen and oxygen atoms in total. The Morgan fingerprint density at radius 3 is 2.24 bits per heavy atom. The first-order chi connectivity index (χ1) is 29.9. The highest BCUT2D eigenvalue weighted by atomic mass is 32.2. The molecule has 4 aliphatic carbocycles. The molecule has 2 aliphatic heterocycles. The average molecular weight is 888 g/mol. The summed E-state index contributed by atoms with van der Waals surface area (Å²) in [4.78, 5) is 15.2. The molecular weight excluding hydrogens is 811 g/mol. The monoisotopic (exact) mass is 888 g/mol. The van der Waals surface area contributed by atoms with Crippen LogP contribution in [-0.2, 0) is 45.1 Å². The maximum absolute atomic E-state index is 14.9. The summed E-state index contributed by atoms with van der Waals surface area (Å²) >= 11 is 0. The molecule has 3 saturated carbocycles. The predicted molar refractivity (Wildman–Crippen MR) is 246 cm³/mol. The molecule has 0 aromatic heterocycles. The van der Waals surface area contributed by atoms with E-state index in [1.807, 2.05) is 63.4 Å². The van der Waals surface area contributed by atoms with Gasteiger partial charge >= 0.3 is 5.97 Å². The van der Waals surface area contributed by atoms with Crippen molar-refractivity contribution in [2.24, 2.45) is 56.7 Å². The number of ether oxygens (including phenoxy) is 5. The van der Waals surface area contributed by atoms with Crippen LogP contribution in [0.2, 0.25) is 0 Å². The highest BCUT2D eigenvalue weighted by molar-refractivity contribution is 7.89. The molecule has 2 aromatic carbocycles. The van der Waals surface area contributed by atoms with Crippen LogP contribution in [-0.4, -0.2) is 83.1 Å². The molecule has 2 aromatic rings. The van der Waals surface area contributed by atoms with E-state index < -0.39 is 15.6 Å². The summed E-state index contributed by atoms with van der Waals surface area (Å²) in [5.41, 5.74) is 1.54. The van der Waals surface area contributed by atoms with Crippen LogP contribution in [0.1, 0.15) is 118 Å². The van der Waals surface area contributed by atoms with Crippen molar-refractivity contribution in [3.8, 4) is 0 Å². The topological polar surface area (TPSA) is 101 Å². The minimum absolute atomic E-state index is 0.0488. The van der Waals surface area contributed by atoms with Crippen molar-refractivity contribution in [3.63, 3.8) is 0 Å². The van der Waals surface area contributed by atoms with Crippen LogP contribution in [0.5, 0.6) is 0 Å². The third-order valence-corrected chi connectivity index (χ3v) is 21.1. The third kappa shape index (κ3) is 7.42. The number of likely N-dealkylation sites (N-methyl/N-ethyl adjacent to an activating group) is 1. The first-order valence-electron chi connectivity index (χ1n) is 24.2. The van der Waals surface area contributed by atoms with Gasteiger partial charge in [0.1, 0.15) is 6.61 Å². The number of sulfonamides is 1. The Hall–Kier alpha value is -2.60. The van der Waals surface area contributed by atoms with Crippen molar-refractivity contribution in [1.82, 2.24) is 4.31 Å². The van der Waals surface area contributed by atoms with Gasteiger partial charge in [0.15, 0.2) is 0 Å². The molecule has 63 heavy (non-hydrogen) atoms. The Balaban J connectivity index is 1.11. The first-order valence-corrected chi connectivity index (χ1v) is 25.6. The normalized spacial score (nSPS) is 37.9. The molecule has 0 spiro atoms. The second-order valence-corrected chi connectivity index (χ2v) is 24.0. The maximum atomic E-state index is 14.9. The number of fused-ring (bicyclic) bond motifs is 3. The summed E-state index contributed by atoms with van der Waals surface area (Å²) in [7, 11) is -2.00. The molecular formula is C53H77NO8S. The number of allylic oxidation sites excluding steroid dienone is 1. The van der Waals surface area contributed by atoms with E-state index in [0.29, 0.717) is 74.4 Å². The van der Waals surface area contributed by atoms with Crippen molar-refractivity contribution >= 4 is 16.0 Å². The van der Waals surface area contributed by atoms with E-state index in [0.717, 1.165) is 49.7 Å². The molecule has 10 heteroatoms. The lowest BCUT2D eigenvalue weighted by molar-refractivity contribution is -0.272. The molecule has 2 bridgehead atoms. The average Bonchev–Trinajstić information content (AvgIpc) is 3.26. The summed E-state index contributed by atoms with van der Waals surface area (Å²) in [6.07, 6.45) is 8.90. The van der Waals surface area contributed by atoms with Crippen molar-refractivity contribution in [3.05, 3.63) is 77.4 Å². The molecule has 8 rings (SSSR count). The number of rotatable bonds is 13. The highest BCUT2D eigenvalue weighted by Gasteiger charge is 2.72. The Bertz CT molecular complexity index is 2100. The van der Waals surface area contributed by atoms with Gasteiger partial charge in [-0.05, 0) is 116 Å². The summed E-state index contributed by atoms with van der Waals surface area (Å²) in [5, 5.41) is 0. The van der Waals surface area contributed by atoms with E-state index in [2.05, 4.69) is 54.5 Å². The molecule has 6 aliphatic rings. The zero-order valence-electron chi connectivity index (χ0n) is 40.0. The first kappa shape index (κ1) is 46.9. The number of nitrogens with zero attached hydrogens (tertiary/aromatic N) is 1. The number of hydrogen-bond acceptors (Lipinski definition) is 8. The van der Waals surface area contributed by atoms with E-state index in [-0.39, 0.29) is 64.4 Å². The largest absolute Gasteiger partial charge is 0.461 e. The lowest BCUT2D eigenvalue weighted by Crippen LogP contribution is -2.70. The number of benzene rings is 2. The number of carbonyl (C=O) groups is 1. The van der Waals surface area contributed by atoms with Crippen LogP contribution in [0.3, 0.4) is 0 Å². The van der Waals surface area contributed by atoms with E-state index in [1.165, 1.54) is 5.57 Å². The predicted octanol–water partition coefficient (Wildman–Crippen LogP) is 10.2. The lowest BCUT2D eigenvalue weighted by Gasteiger charge is -2.71. The molecule has 348 valence electrons.